The zero-order valence-electron chi connectivity index (χ0n) is 8.90. The molecule has 0 bridgehead atoms. The summed E-state index contributed by atoms with van der Waals surface area (Å²) >= 11 is 0. The lowest BCUT2D eigenvalue weighted by molar-refractivity contribution is -0.146. The molecule has 78 valence electrons. The lowest BCUT2D eigenvalue weighted by Gasteiger charge is -2.15. The zero-order valence-corrected chi connectivity index (χ0v) is 8.90. The van der Waals surface area contributed by atoms with Crippen molar-refractivity contribution in [1.29, 1.82) is 0 Å². The Labute approximate surface area is 85.6 Å². The van der Waals surface area contributed by atoms with E-state index in [1.807, 2.05) is 12.2 Å². The number of allylic oxidation sites excluding steroid dienone is 1. The van der Waals surface area contributed by atoms with Gasteiger partial charge in [0, 0.05) is 6.42 Å². The molecule has 1 unspecified atom stereocenters. The highest BCUT2D eigenvalue weighted by Crippen LogP contribution is 2.10. The molecule has 14 heavy (non-hydrogen) atoms. The van der Waals surface area contributed by atoms with Crippen LogP contribution in [0.25, 0.3) is 0 Å². The average molecular weight is 194 g/mol. The molecule has 1 heterocycles. The number of hydrogen-bond acceptors (Lipinski definition) is 2. The van der Waals surface area contributed by atoms with E-state index < -0.39 is 0 Å². The lowest BCUT2D eigenvalue weighted by Crippen LogP contribution is -2.18. The average Bonchev–Trinajstić information content (AvgIpc) is 2.12. The normalized spacial score (nSPS) is 21.9. The fraction of sp³-hybridized carbons (Fsp3) is 0.583. The molecule has 2 heteroatoms. The zero-order chi connectivity index (χ0) is 10.4. The van der Waals surface area contributed by atoms with Crippen molar-refractivity contribution in [3.05, 3.63) is 24.3 Å². The summed E-state index contributed by atoms with van der Waals surface area (Å²) in [6.45, 7) is 4.37. The van der Waals surface area contributed by atoms with Crippen LogP contribution in [0.1, 0.15) is 33.1 Å². The molecule has 1 rings (SSSR count). The summed E-state index contributed by atoms with van der Waals surface area (Å²) in [5.41, 5.74) is 0. The Morgan fingerprint density at radius 3 is 3.00 bits per heavy atom. The third kappa shape index (κ3) is 4.26. The molecule has 0 saturated carbocycles. The van der Waals surface area contributed by atoms with Crippen molar-refractivity contribution in [1.82, 2.24) is 0 Å². The molecule has 0 aliphatic carbocycles. The Morgan fingerprint density at radius 2 is 2.36 bits per heavy atom. The van der Waals surface area contributed by atoms with Crippen LogP contribution >= 0.6 is 0 Å². The number of hydrogen-bond donors (Lipinski definition) is 0. The maximum absolute atomic E-state index is 10.9. The Balaban J connectivity index is 2.24. The number of carbonyl (C=O) groups is 1. The number of ether oxygens (including phenoxy) is 1. The number of esters is 1. The van der Waals surface area contributed by atoms with E-state index in [4.69, 9.17) is 4.74 Å². The maximum atomic E-state index is 10.9. The Kier molecular flexibility index (Phi) is 4.44. The molecule has 0 N–H and O–H groups in total. The molecule has 0 amide bonds. The van der Waals surface area contributed by atoms with Gasteiger partial charge in [-0.3, -0.25) is 4.79 Å². The highest BCUT2D eigenvalue weighted by molar-refractivity contribution is 5.72. The molecule has 0 saturated heterocycles. The first-order valence-electron chi connectivity index (χ1n) is 5.19. The summed E-state index contributed by atoms with van der Waals surface area (Å²) in [6, 6.07) is 0. The van der Waals surface area contributed by atoms with Crippen LogP contribution in [-0.4, -0.2) is 12.1 Å². The minimum atomic E-state index is -0.116. The van der Waals surface area contributed by atoms with Gasteiger partial charge in [0.15, 0.2) is 0 Å². The van der Waals surface area contributed by atoms with E-state index in [1.54, 1.807) is 0 Å². The van der Waals surface area contributed by atoms with Crippen molar-refractivity contribution in [2.75, 3.05) is 0 Å². The van der Waals surface area contributed by atoms with Crippen LogP contribution in [0.5, 0.6) is 0 Å². The number of rotatable bonds is 4. The molecule has 0 aromatic carbocycles. The molecule has 0 spiro atoms. The van der Waals surface area contributed by atoms with Crippen molar-refractivity contribution < 1.29 is 9.53 Å². The molecule has 1 atom stereocenters. The number of cyclic esters (lactones) is 1. The largest absolute Gasteiger partial charge is 0.458 e. The van der Waals surface area contributed by atoms with Crippen molar-refractivity contribution in [2.24, 2.45) is 5.92 Å². The van der Waals surface area contributed by atoms with Gasteiger partial charge < -0.3 is 4.74 Å². The minimum Gasteiger partial charge on any atom is -0.458 e. The topological polar surface area (TPSA) is 26.3 Å². The quantitative estimate of drug-likeness (QED) is 0.508. The highest BCUT2D eigenvalue weighted by atomic mass is 16.5. The van der Waals surface area contributed by atoms with Gasteiger partial charge in [0.05, 0.1) is 6.42 Å². The first-order chi connectivity index (χ1) is 6.68. The fourth-order valence-corrected chi connectivity index (χ4v) is 1.30. The van der Waals surface area contributed by atoms with E-state index in [9.17, 15) is 4.79 Å². The predicted molar refractivity (Wildman–Crippen MR) is 56.8 cm³/mol. The van der Waals surface area contributed by atoms with Crippen molar-refractivity contribution in [3.63, 3.8) is 0 Å². The van der Waals surface area contributed by atoms with Crippen molar-refractivity contribution >= 4 is 5.97 Å². The first kappa shape index (κ1) is 11.0. The molecule has 0 fully saturated rings. The summed E-state index contributed by atoms with van der Waals surface area (Å²) in [5, 5.41) is 0. The lowest BCUT2D eigenvalue weighted by atomic mass is 10.1. The van der Waals surface area contributed by atoms with Gasteiger partial charge in [-0.25, -0.2) is 0 Å². The van der Waals surface area contributed by atoms with Crippen molar-refractivity contribution in [2.45, 2.75) is 39.2 Å². The molecule has 0 aromatic rings. The summed E-state index contributed by atoms with van der Waals surface area (Å²) < 4.78 is 5.12. The molecule has 0 radical (unpaired) electrons. The van der Waals surface area contributed by atoms with E-state index in [-0.39, 0.29) is 12.1 Å². The van der Waals surface area contributed by atoms with E-state index in [2.05, 4.69) is 26.0 Å². The first-order valence-corrected chi connectivity index (χ1v) is 5.19. The second-order valence-electron chi connectivity index (χ2n) is 4.00. The van der Waals surface area contributed by atoms with E-state index in [0.717, 1.165) is 12.8 Å². The van der Waals surface area contributed by atoms with E-state index >= 15 is 0 Å². The Morgan fingerprint density at radius 1 is 1.57 bits per heavy atom. The Hall–Kier alpha value is -1.05. The highest BCUT2D eigenvalue weighted by Gasteiger charge is 2.12. The van der Waals surface area contributed by atoms with Gasteiger partial charge >= 0.3 is 5.97 Å². The monoisotopic (exact) mass is 194 g/mol. The van der Waals surface area contributed by atoms with Gasteiger partial charge in [0.25, 0.3) is 0 Å². The molecule has 2 nitrogen and oxygen atoms in total. The van der Waals surface area contributed by atoms with Gasteiger partial charge in [-0.15, -0.1) is 0 Å². The van der Waals surface area contributed by atoms with Gasteiger partial charge in [-0.05, 0) is 18.4 Å². The summed E-state index contributed by atoms with van der Waals surface area (Å²) in [4.78, 5) is 10.9. The smallest absolute Gasteiger partial charge is 0.310 e. The van der Waals surface area contributed by atoms with Gasteiger partial charge in [0.2, 0.25) is 0 Å². The molecular formula is C12H18O2. The summed E-state index contributed by atoms with van der Waals surface area (Å²) in [5.74, 6) is 0.574. The van der Waals surface area contributed by atoms with Gasteiger partial charge in [0.1, 0.15) is 6.10 Å². The second-order valence-corrected chi connectivity index (χ2v) is 4.00. The third-order valence-corrected chi connectivity index (χ3v) is 2.06. The third-order valence-electron chi connectivity index (χ3n) is 2.06. The SMILES string of the molecule is CC(C)C/C=C/CC1C=CCC(=O)O1. The second kappa shape index (κ2) is 5.63. The van der Waals surface area contributed by atoms with E-state index in [1.165, 1.54) is 0 Å². The van der Waals surface area contributed by atoms with Gasteiger partial charge in [-0.1, -0.05) is 32.1 Å². The molecule has 1 aliphatic heterocycles. The van der Waals surface area contributed by atoms with Crippen LogP contribution in [0.4, 0.5) is 0 Å². The van der Waals surface area contributed by atoms with Crippen LogP contribution in [0.3, 0.4) is 0 Å². The predicted octanol–water partition coefficient (Wildman–Crippen LogP) is 2.85. The van der Waals surface area contributed by atoms with Crippen LogP contribution in [0.15, 0.2) is 24.3 Å². The maximum Gasteiger partial charge on any atom is 0.310 e. The molecule has 1 aliphatic rings. The standard InChI is InChI=1S/C12H18O2/c1-10(2)6-3-4-7-11-8-5-9-12(13)14-11/h3-5,8,10-11H,6-7,9H2,1-2H3/b4-3+. The van der Waals surface area contributed by atoms with Gasteiger partial charge in [-0.2, -0.15) is 0 Å². The minimum absolute atomic E-state index is 0.0420. The van der Waals surface area contributed by atoms with E-state index in [0.29, 0.717) is 12.3 Å². The Bertz CT molecular complexity index is 239. The molecular weight excluding hydrogens is 176 g/mol. The fourth-order valence-electron chi connectivity index (χ4n) is 1.30. The van der Waals surface area contributed by atoms with Crippen LogP contribution in [-0.2, 0) is 9.53 Å². The number of carbonyl (C=O) groups excluding carboxylic acids is 1. The summed E-state index contributed by atoms with van der Waals surface area (Å²) in [6.07, 6.45) is 10.4. The van der Waals surface area contributed by atoms with Crippen molar-refractivity contribution in [3.8, 4) is 0 Å². The van der Waals surface area contributed by atoms with Crippen LogP contribution in [0.2, 0.25) is 0 Å². The van der Waals surface area contributed by atoms with Crippen LogP contribution in [0, 0.1) is 5.92 Å². The molecule has 0 aromatic heterocycles. The summed E-state index contributed by atoms with van der Waals surface area (Å²) in [7, 11) is 0. The van der Waals surface area contributed by atoms with Crippen LogP contribution < -0.4 is 0 Å².